The molecule has 10 nitrogen and oxygen atoms in total. The van der Waals surface area contributed by atoms with E-state index >= 15 is 0 Å². The molecule has 2 aromatic carbocycles. The van der Waals surface area contributed by atoms with Crippen molar-refractivity contribution in [2.45, 2.75) is 96.6 Å². The molecule has 0 bridgehead atoms. The van der Waals surface area contributed by atoms with Crippen molar-refractivity contribution in [3.8, 4) is 28.3 Å². The van der Waals surface area contributed by atoms with Gasteiger partial charge in [0.25, 0.3) is 5.91 Å². The average molecular weight is 714 g/mol. The molecule has 0 aliphatic rings. The van der Waals surface area contributed by atoms with Gasteiger partial charge in [-0.2, -0.15) is 0 Å². The molecule has 0 saturated carbocycles. The number of carboxylic acid groups (broad SMARTS) is 1. The van der Waals surface area contributed by atoms with Gasteiger partial charge in [-0.15, -0.1) is 11.3 Å². The van der Waals surface area contributed by atoms with Crippen molar-refractivity contribution in [1.82, 2.24) is 20.6 Å². The molecule has 51 heavy (non-hydrogen) atoms. The number of nitrogens with one attached hydrogen (secondary N) is 2. The number of amides is 2. The van der Waals surface area contributed by atoms with Gasteiger partial charge in [-0.3, -0.25) is 9.59 Å². The number of carboxylic acids is 1. The van der Waals surface area contributed by atoms with Gasteiger partial charge in [-0.25, -0.2) is 14.8 Å². The van der Waals surface area contributed by atoms with E-state index in [4.69, 9.17) is 10.5 Å². The SMILES string of the molecule is CCCCCCCOc1ccc(-c2cnc(-c3ccc(CC(NC(=O)c4ccc(C(C)(C)C)s4)C(=O)NC(CCCN)C(=O)O)cc3)nc2)cc1. The number of unbranched alkanes of at least 4 members (excludes halogenated alkanes) is 4. The predicted octanol–water partition coefficient (Wildman–Crippen LogP) is 7.17. The normalized spacial score (nSPS) is 12.6. The number of carbonyl (C=O) groups is 3. The van der Waals surface area contributed by atoms with Crippen molar-refractivity contribution >= 4 is 29.1 Å². The first kappa shape index (κ1) is 39.2. The van der Waals surface area contributed by atoms with Crippen molar-refractivity contribution in [3.05, 3.63) is 88.4 Å². The summed E-state index contributed by atoms with van der Waals surface area (Å²) >= 11 is 1.37. The number of aliphatic carboxylic acids is 1. The summed E-state index contributed by atoms with van der Waals surface area (Å²) in [6, 6.07) is 16.9. The zero-order valence-corrected chi connectivity index (χ0v) is 30.9. The largest absolute Gasteiger partial charge is 0.494 e. The van der Waals surface area contributed by atoms with Crippen LogP contribution in [0.4, 0.5) is 0 Å². The summed E-state index contributed by atoms with van der Waals surface area (Å²) in [6.45, 7) is 9.44. The van der Waals surface area contributed by atoms with Crippen molar-refractivity contribution in [3.63, 3.8) is 0 Å². The molecule has 0 aliphatic carbocycles. The molecule has 0 spiro atoms. The summed E-state index contributed by atoms with van der Waals surface area (Å²) in [5.74, 6) is -0.729. The monoisotopic (exact) mass is 713 g/mol. The Kier molecular flexibility index (Phi) is 14.7. The summed E-state index contributed by atoms with van der Waals surface area (Å²) < 4.78 is 5.89. The number of nitrogens with two attached hydrogens (primary N) is 1. The van der Waals surface area contributed by atoms with Crippen LogP contribution in [0.5, 0.6) is 5.75 Å². The fourth-order valence-corrected chi connectivity index (χ4v) is 6.41. The Labute approximate surface area is 305 Å². The van der Waals surface area contributed by atoms with Crippen LogP contribution >= 0.6 is 11.3 Å². The summed E-state index contributed by atoms with van der Waals surface area (Å²) in [7, 11) is 0. The smallest absolute Gasteiger partial charge is 0.326 e. The number of carbonyl (C=O) groups excluding carboxylic acids is 2. The topological polar surface area (TPSA) is 157 Å². The highest BCUT2D eigenvalue weighted by Crippen LogP contribution is 2.29. The molecular weight excluding hydrogens is 663 g/mol. The van der Waals surface area contributed by atoms with Crippen LogP contribution in [0.3, 0.4) is 0 Å². The second-order valence-corrected chi connectivity index (χ2v) is 14.8. The minimum Gasteiger partial charge on any atom is -0.494 e. The second kappa shape index (κ2) is 19.1. The van der Waals surface area contributed by atoms with Gasteiger partial charge in [0, 0.05) is 34.8 Å². The fraction of sp³-hybridized carbons (Fsp3) is 0.425. The summed E-state index contributed by atoms with van der Waals surface area (Å²) in [4.78, 5) is 49.3. The predicted molar refractivity (Wildman–Crippen MR) is 203 cm³/mol. The minimum absolute atomic E-state index is 0.128. The van der Waals surface area contributed by atoms with Gasteiger partial charge in [-0.05, 0) is 66.6 Å². The number of ether oxygens (including phenoxy) is 1. The van der Waals surface area contributed by atoms with Crippen LogP contribution in [0.1, 0.15) is 92.8 Å². The Morgan fingerprint density at radius 3 is 2.10 bits per heavy atom. The third-order valence-electron chi connectivity index (χ3n) is 8.51. The van der Waals surface area contributed by atoms with E-state index < -0.39 is 29.9 Å². The third kappa shape index (κ3) is 12.0. The molecule has 2 aromatic heterocycles. The van der Waals surface area contributed by atoms with Crippen LogP contribution < -0.4 is 21.1 Å². The van der Waals surface area contributed by atoms with E-state index in [1.165, 1.54) is 37.0 Å². The molecule has 2 heterocycles. The van der Waals surface area contributed by atoms with Gasteiger partial charge in [-0.1, -0.05) is 89.8 Å². The maximum atomic E-state index is 13.5. The Morgan fingerprint density at radius 2 is 1.49 bits per heavy atom. The van der Waals surface area contributed by atoms with Crippen molar-refractivity contribution in [2.24, 2.45) is 5.73 Å². The van der Waals surface area contributed by atoms with Crippen LogP contribution in [0.15, 0.2) is 73.1 Å². The van der Waals surface area contributed by atoms with E-state index in [1.54, 1.807) is 18.5 Å². The maximum Gasteiger partial charge on any atom is 0.326 e. The summed E-state index contributed by atoms with van der Waals surface area (Å²) in [5.41, 5.74) is 8.89. The quantitative estimate of drug-likeness (QED) is 0.0746. The number of thiophene rings is 1. The Balaban J connectivity index is 1.42. The van der Waals surface area contributed by atoms with Crippen LogP contribution in [0.25, 0.3) is 22.5 Å². The van der Waals surface area contributed by atoms with Crippen LogP contribution in [-0.2, 0) is 21.4 Å². The molecule has 11 heteroatoms. The minimum atomic E-state index is -1.15. The molecular formula is C40H51N5O5S. The van der Waals surface area contributed by atoms with E-state index in [2.05, 4.69) is 48.3 Å². The zero-order valence-electron chi connectivity index (χ0n) is 30.1. The molecule has 2 unspecified atom stereocenters. The lowest BCUT2D eigenvalue weighted by Gasteiger charge is -2.21. The van der Waals surface area contributed by atoms with E-state index in [0.717, 1.165) is 45.9 Å². The molecule has 5 N–H and O–H groups in total. The van der Waals surface area contributed by atoms with Gasteiger partial charge < -0.3 is 26.2 Å². The Bertz CT molecular complexity index is 1700. The lowest BCUT2D eigenvalue weighted by molar-refractivity contribution is -0.142. The summed E-state index contributed by atoms with van der Waals surface area (Å²) in [6.07, 6.45) is 10.3. The molecule has 4 rings (SSSR count). The van der Waals surface area contributed by atoms with Gasteiger partial charge in [0.1, 0.15) is 17.8 Å². The number of nitrogens with zero attached hydrogens (tertiary/aromatic N) is 2. The van der Waals surface area contributed by atoms with Crippen LogP contribution in [-0.4, -0.2) is 58.1 Å². The van der Waals surface area contributed by atoms with Gasteiger partial charge in [0.15, 0.2) is 5.82 Å². The van der Waals surface area contributed by atoms with Crippen molar-refractivity contribution in [2.75, 3.05) is 13.2 Å². The highest BCUT2D eigenvalue weighted by atomic mass is 32.1. The second-order valence-electron chi connectivity index (χ2n) is 13.8. The fourth-order valence-electron chi connectivity index (χ4n) is 5.44. The summed E-state index contributed by atoms with van der Waals surface area (Å²) in [5, 5.41) is 15.1. The molecule has 4 aromatic rings. The standard InChI is InChI=1S/C40H51N5O5S/c1-5-6-7-8-9-23-50-31-18-16-28(17-19-31)30-25-42-36(43-26-30)29-14-12-27(13-15-29)24-33(37(46)44-32(39(48)49)11-10-22-41)45-38(47)34-20-21-35(51-34)40(2,3)4/h12-21,25-26,32-33H,5-11,22-24,41H2,1-4H3,(H,44,46)(H,45,47)(H,48,49). The lowest BCUT2D eigenvalue weighted by Crippen LogP contribution is -2.52. The van der Waals surface area contributed by atoms with Gasteiger partial charge in [0.05, 0.1) is 11.5 Å². The average Bonchev–Trinajstić information content (AvgIpc) is 3.64. The van der Waals surface area contributed by atoms with E-state index in [-0.39, 0.29) is 18.3 Å². The highest BCUT2D eigenvalue weighted by Gasteiger charge is 2.28. The van der Waals surface area contributed by atoms with E-state index in [1.807, 2.05) is 54.6 Å². The van der Waals surface area contributed by atoms with Gasteiger partial charge in [0.2, 0.25) is 5.91 Å². The first-order valence-electron chi connectivity index (χ1n) is 17.8. The number of rotatable bonds is 19. The molecule has 0 radical (unpaired) electrons. The number of hydrogen-bond donors (Lipinski definition) is 4. The molecule has 2 amide bonds. The van der Waals surface area contributed by atoms with Gasteiger partial charge >= 0.3 is 5.97 Å². The van der Waals surface area contributed by atoms with Crippen molar-refractivity contribution in [1.29, 1.82) is 0 Å². The highest BCUT2D eigenvalue weighted by molar-refractivity contribution is 7.14. The lowest BCUT2D eigenvalue weighted by atomic mass is 9.95. The first-order valence-corrected chi connectivity index (χ1v) is 18.6. The molecule has 2 atom stereocenters. The Hall–Kier alpha value is -4.61. The van der Waals surface area contributed by atoms with Crippen molar-refractivity contribution < 1.29 is 24.2 Å². The zero-order chi connectivity index (χ0) is 36.8. The van der Waals surface area contributed by atoms with E-state index in [9.17, 15) is 19.5 Å². The molecule has 0 fully saturated rings. The van der Waals surface area contributed by atoms with Crippen LogP contribution in [0.2, 0.25) is 0 Å². The van der Waals surface area contributed by atoms with E-state index in [0.29, 0.717) is 23.7 Å². The number of hydrogen-bond acceptors (Lipinski definition) is 8. The Morgan fingerprint density at radius 1 is 0.824 bits per heavy atom. The first-order chi connectivity index (χ1) is 24.5. The molecule has 0 saturated heterocycles. The molecule has 0 aliphatic heterocycles. The number of aromatic nitrogens is 2. The maximum absolute atomic E-state index is 13.5. The van der Waals surface area contributed by atoms with Crippen LogP contribution in [0, 0.1) is 0 Å². The molecule has 272 valence electrons. The number of benzene rings is 2. The third-order valence-corrected chi connectivity index (χ3v) is 10.0.